The van der Waals surface area contributed by atoms with E-state index in [0.717, 1.165) is 11.5 Å². The van der Waals surface area contributed by atoms with E-state index in [2.05, 4.69) is 9.47 Å². The van der Waals surface area contributed by atoms with Crippen molar-refractivity contribution in [2.45, 2.75) is 0 Å². The van der Waals surface area contributed by atoms with Crippen LogP contribution in [0.25, 0.3) is 0 Å². The molecule has 0 aliphatic carbocycles. The van der Waals surface area contributed by atoms with Gasteiger partial charge in [-0.2, -0.15) is 0 Å². The van der Waals surface area contributed by atoms with Gasteiger partial charge in [0.05, 0.1) is 13.2 Å². The summed E-state index contributed by atoms with van der Waals surface area (Å²) in [5.41, 5.74) is 0. The second kappa shape index (κ2) is 10.1. The minimum Gasteiger partial charge on any atom is -0.457 e. The lowest BCUT2D eigenvalue weighted by atomic mass is 10.3. The first-order valence-corrected chi connectivity index (χ1v) is 6.12. The lowest BCUT2D eigenvalue weighted by molar-refractivity contribution is 0.103. The van der Waals surface area contributed by atoms with Gasteiger partial charge in [0, 0.05) is 14.2 Å². The summed E-state index contributed by atoms with van der Waals surface area (Å²) in [7, 11) is 3.30. The Kier molecular flexibility index (Phi) is 8.10. The van der Waals surface area contributed by atoms with Crippen molar-refractivity contribution in [3.63, 3.8) is 0 Å². The van der Waals surface area contributed by atoms with Crippen molar-refractivity contribution in [1.29, 1.82) is 0 Å². The molecule has 2 rings (SSSR count). The second-order valence-corrected chi connectivity index (χ2v) is 3.71. The Bertz CT molecular complexity index is 373. The maximum absolute atomic E-state index is 5.58. The summed E-state index contributed by atoms with van der Waals surface area (Å²) >= 11 is 0. The number of benzene rings is 2. The topological polar surface area (TPSA) is 27.7 Å². The van der Waals surface area contributed by atoms with Gasteiger partial charge in [-0.25, -0.2) is 0 Å². The van der Waals surface area contributed by atoms with Crippen molar-refractivity contribution in [1.82, 2.24) is 0 Å². The molecule has 0 spiro atoms. The van der Waals surface area contributed by atoms with Crippen LogP contribution in [0.5, 0.6) is 11.5 Å². The fourth-order valence-corrected chi connectivity index (χ4v) is 1.28. The Morgan fingerprint density at radius 1 is 0.632 bits per heavy atom. The Morgan fingerprint density at radius 3 is 1.32 bits per heavy atom. The van der Waals surface area contributed by atoms with E-state index in [-0.39, 0.29) is 0 Å². The number of hydrogen-bond donors (Lipinski definition) is 0. The molecule has 0 aromatic heterocycles. The van der Waals surface area contributed by atoms with E-state index in [4.69, 9.17) is 4.74 Å². The molecule has 0 aliphatic heterocycles. The number of hydrogen-bond acceptors (Lipinski definition) is 3. The third-order valence-electron chi connectivity index (χ3n) is 2.21. The van der Waals surface area contributed by atoms with E-state index in [9.17, 15) is 0 Å². The van der Waals surface area contributed by atoms with E-state index < -0.39 is 0 Å². The van der Waals surface area contributed by atoms with Crippen molar-refractivity contribution in [2.24, 2.45) is 0 Å². The van der Waals surface area contributed by atoms with E-state index >= 15 is 0 Å². The van der Waals surface area contributed by atoms with Crippen LogP contribution in [0.15, 0.2) is 60.7 Å². The molecule has 0 saturated heterocycles. The molecule has 3 nitrogen and oxygen atoms in total. The molecule has 2 aromatic rings. The van der Waals surface area contributed by atoms with Gasteiger partial charge in [0.2, 0.25) is 0 Å². The molecule has 0 N–H and O–H groups in total. The van der Waals surface area contributed by atoms with E-state index in [1.165, 1.54) is 0 Å². The van der Waals surface area contributed by atoms with Crippen molar-refractivity contribution in [3.8, 4) is 11.5 Å². The summed E-state index contributed by atoms with van der Waals surface area (Å²) in [6, 6.07) is 19.5. The van der Waals surface area contributed by atoms with Gasteiger partial charge in [-0.3, -0.25) is 0 Å². The van der Waals surface area contributed by atoms with Crippen LogP contribution in [0.2, 0.25) is 0 Å². The molecule has 0 heterocycles. The van der Waals surface area contributed by atoms with Crippen molar-refractivity contribution < 1.29 is 14.2 Å². The van der Waals surface area contributed by atoms with Crippen molar-refractivity contribution in [2.75, 3.05) is 27.4 Å². The standard InChI is InChI=1S/C12H10O.C4H10O2/c1-3-7-11(8-4-1)13-12-9-5-2-6-10-12;1-5-3-4-6-2/h1-10H;3-4H2,1-2H3. The molecular weight excluding hydrogens is 240 g/mol. The normalized spacial score (nSPS) is 9.37. The maximum Gasteiger partial charge on any atom is 0.127 e. The van der Waals surface area contributed by atoms with Gasteiger partial charge in [0.1, 0.15) is 11.5 Å². The number of rotatable bonds is 5. The van der Waals surface area contributed by atoms with Crippen LogP contribution in [0.4, 0.5) is 0 Å². The van der Waals surface area contributed by atoms with Crippen LogP contribution in [0.3, 0.4) is 0 Å². The van der Waals surface area contributed by atoms with Crippen molar-refractivity contribution in [3.05, 3.63) is 60.7 Å². The average molecular weight is 260 g/mol. The smallest absolute Gasteiger partial charge is 0.127 e. The summed E-state index contributed by atoms with van der Waals surface area (Å²) in [4.78, 5) is 0. The summed E-state index contributed by atoms with van der Waals surface area (Å²) in [5, 5.41) is 0. The molecule has 0 amide bonds. The monoisotopic (exact) mass is 260 g/mol. The largest absolute Gasteiger partial charge is 0.457 e. The van der Waals surface area contributed by atoms with Crippen LogP contribution >= 0.6 is 0 Å². The Balaban J connectivity index is 0.000000258. The lowest BCUT2D eigenvalue weighted by Gasteiger charge is -2.03. The SMILES string of the molecule is COCCOC.c1ccc(Oc2ccccc2)cc1. The van der Waals surface area contributed by atoms with Crippen LogP contribution < -0.4 is 4.74 Å². The summed E-state index contributed by atoms with van der Waals surface area (Å²) < 4.78 is 14.9. The molecule has 102 valence electrons. The zero-order valence-corrected chi connectivity index (χ0v) is 11.4. The second-order valence-electron chi connectivity index (χ2n) is 3.71. The van der Waals surface area contributed by atoms with Gasteiger partial charge in [0.25, 0.3) is 0 Å². The molecule has 2 aromatic carbocycles. The van der Waals surface area contributed by atoms with Crippen molar-refractivity contribution >= 4 is 0 Å². The highest BCUT2D eigenvalue weighted by molar-refractivity contribution is 5.30. The third kappa shape index (κ3) is 7.24. The fourth-order valence-electron chi connectivity index (χ4n) is 1.28. The van der Waals surface area contributed by atoms with E-state index in [0.29, 0.717) is 13.2 Å². The van der Waals surface area contributed by atoms with Gasteiger partial charge >= 0.3 is 0 Å². The molecule has 0 aliphatic rings. The highest BCUT2D eigenvalue weighted by Crippen LogP contribution is 2.19. The van der Waals surface area contributed by atoms with E-state index in [1.54, 1.807) is 14.2 Å². The molecule has 0 fully saturated rings. The molecular formula is C16H20O3. The summed E-state index contributed by atoms with van der Waals surface area (Å²) in [6.45, 7) is 1.38. The van der Waals surface area contributed by atoms with Gasteiger partial charge in [-0.15, -0.1) is 0 Å². The first-order valence-electron chi connectivity index (χ1n) is 6.12. The predicted octanol–water partition coefficient (Wildman–Crippen LogP) is 3.76. The highest BCUT2D eigenvalue weighted by atomic mass is 16.5. The molecule has 19 heavy (non-hydrogen) atoms. The van der Waals surface area contributed by atoms with Crippen LogP contribution in [0, 0.1) is 0 Å². The Labute approximate surface area is 114 Å². The third-order valence-corrected chi connectivity index (χ3v) is 2.21. The average Bonchev–Trinajstić information content (AvgIpc) is 2.48. The van der Waals surface area contributed by atoms with Crippen LogP contribution in [0.1, 0.15) is 0 Å². The number of ether oxygens (including phenoxy) is 3. The van der Waals surface area contributed by atoms with Gasteiger partial charge in [0.15, 0.2) is 0 Å². The van der Waals surface area contributed by atoms with Gasteiger partial charge in [-0.1, -0.05) is 36.4 Å². The number of methoxy groups -OCH3 is 2. The molecule has 0 bridgehead atoms. The fraction of sp³-hybridized carbons (Fsp3) is 0.250. The predicted molar refractivity (Wildman–Crippen MR) is 76.7 cm³/mol. The lowest BCUT2D eigenvalue weighted by Crippen LogP contribution is -1.96. The first kappa shape index (κ1) is 15.2. The van der Waals surface area contributed by atoms with E-state index in [1.807, 2.05) is 60.7 Å². The number of para-hydroxylation sites is 2. The zero-order valence-electron chi connectivity index (χ0n) is 11.4. The molecule has 3 heteroatoms. The van der Waals surface area contributed by atoms with Crippen LogP contribution in [-0.2, 0) is 9.47 Å². The molecule has 0 saturated carbocycles. The Morgan fingerprint density at radius 2 is 1.00 bits per heavy atom. The summed E-state index contributed by atoms with van der Waals surface area (Å²) in [6.07, 6.45) is 0. The molecule has 0 atom stereocenters. The van der Waals surface area contributed by atoms with Gasteiger partial charge < -0.3 is 14.2 Å². The summed E-state index contributed by atoms with van der Waals surface area (Å²) in [5.74, 6) is 1.74. The molecule has 0 unspecified atom stereocenters. The molecule has 0 radical (unpaired) electrons. The maximum atomic E-state index is 5.58. The highest BCUT2D eigenvalue weighted by Gasteiger charge is 1.92. The first-order chi connectivity index (χ1) is 9.36. The Hall–Kier alpha value is -1.84. The van der Waals surface area contributed by atoms with Gasteiger partial charge in [-0.05, 0) is 24.3 Å². The quantitative estimate of drug-likeness (QED) is 0.766. The minimum absolute atomic E-state index is 0.691. The van der Waals surface area contributed by atoms with Crippen LogP contribution in [-0.4, -0.2) is 27.4 Å². The minimum atomic E-state index is 0.691. The zero-order chi connectivity index (χ0) is 13.8.